The number of hydrogen-bond donors (Lipinski definition) is 1. The number of nitrogens with one attached hydrogen (secondary N) is 1. The van der Waals surface area contributed by atoms with E-state index in [-0.39, 0.29) is 17.1 Å². The smallest absolute Gasteiger partial charge is 0.292 e. The molecule has 5 nitrogen and oxygen atoms in total. The molecule has 3 rings (SSSR count). The molecule has 147 valence electrons. The molecule has 0 bridgehead atoms. The largest absolute Gasteiger partial charge is 0.388 e. The fraction of sp³-hybridized carbons (Fsp3) is 0.435. The van der Waals surface area contributed by atoms with Gasteiger partial charge in [-0.3, -0.25) is 0 Å². The van der Waals surface area contributed by atoms with Crippen LogP contribution in [-0.2, 0) is 11.6 Å². The first kappa shape index (κ1) is 20.2. The molecule has 0 amide bonds. The third kappa shape index (κ3) is 4.64. The molecule has 2 aromatic carbocycles. The minimum atomic E-state index is -0.374. The zero-order chi connectivity index (χ0) is 20.4. The average Bonchev–Trinajstić information content (AvgIpc) is 2.63. The van der Waals surface area contributed by atoms with Crippen molar-refractivity contribution in [3.8, 4) is 12.0 Å². The van der Waals surface area contributed by atoms with Gasteiger partial charge in [-0.05, 0) is 82.3 Å². The summed E-state index contributed by atoms with van der Waals surface area (Å²) in [4.78, 5) is 0. The van der Waals surface area contributed by atoms with E-state index in [0.717, 1.165) is 30.5 Å². The molecule has 28 heavy (non-hydrogen) atoms. The molecule has 1 aliphatic heterocycles. The maximum Gasteiger partial charge on any atom is 0.292 e. The van der Waals surface area contributed by atoms with Gasteiger partial charge in [0.2, 0.25) is 0 Å². The van der Waals surface area contributed by atoms with E-state index in [1.54, 1.807) is 18.4 Å². The maximum absolute atomic E-state index is 12.5. The fourth-order valence-electron chi connectivity index (χ4n) is 4.28. The third-order valence-electron chi connectivity index (χ3n) is 5.41. The molecule has 0 atom stereocenters. The second-order valence-electron chi connectivity index (χ2n) is 8.88. The van der Waals surface area contributed by atoms with E-state index in [2.05, 4.69) is 29.6 Å². The lowest BCUT2D eigenvalue weighted by Crippen LogP contribution is -2.60. The molecule has 1 saturated heterocycles. The first-order chi connectivity index (χ1) is 13.2. The molecule has 2 aromatic rings. The Hall–Kier alpha value is -2.55. The summed E-state index contributed by atoms with van der Waals surface area (Å²) >= 11 is 0. The van der Waals surface area contributed by atoms with Crippen LogP contribution in [0, 0.1) is 11.5 Å². The summed E-state index contributed by atoms with van der Waals surface area (Å²) in [6, 6.07) is 16.3. The van der Waals surface area contributed by atoms with Crippen LogP contribution in [0.2, 0.25) is 0 Å². The van der Waals surface area contributed by atoms with Crippen molar-refractivity contribution in [1.82, 2.24) is 5.06 Å². The monoisotopic (exact) mass is 378 g/mol. The molecule has 0 spiro atoms. The van der Waals surface area contributed by atoms with E-state index in [9.17, 15) is 5.21 Å². The number of hydroxylamine groups is 2. The first-order valence-corrected chi connectivity index (χ1v) is 9.67. The molecule has 0 aliphatic carbocycles. The van der Waals surface area contributed by atoms with Crippen molar-refractivity contribution in [2.24, 2.45) is 0 Å². The number of anilines is 1. The second kappa shape index (κ2) is 7.83. The average molecular weight is 378 g/mol. The highest BCUT2D eigenvalue weighted by atomic mass is 16.5. The van der Waals surface area contributed by atoms with Crippen molar-refractivity contribution in [2.45, 2.75) is 64.1 Å². The predicted molar refractivity (Wildman–Crippen MR) is 109 cm³/mol. The number of hydrogen-bond acceptors (Lipinski definition) is 4. The summed E-state index contributed by atoms with van der Waals surface area (Å²) in [5.74, 6) is 0.556. The van der Waals surface area contributed by atoms with Crippen LogP contribution in [0.1, 0.15) is 51.7 Å². The standard InChI is InChI=1S/C23H28N3O2/c1-22(2)14-20(15-23(3,4)26(22)27)25-19-9-5-17(6-10-19)13-18-7-11-21(12-8-18)28-16-24/h5-12,20,25H,13-15H2,1-4H3. The van der Waals surface area contributed by atoms with Gasteiger partial charge in [0.15, 0.2) is 0 Å². The van der Waals surface area contributed by atoms with Crippen molar-refractivity contribution >= 4 is 5.69 Å². The number of benzene rings is 2. The summed E-state index contributed by atoms with van der Waals surface area (Å²) in [5, 5.41) is 25.9. The first-order valence-electron chi connectivity index (χ1n) is 9.67. The van der Waals surface area contributed by atoms with Gasteiger partial charge in [0.05, 0.1) is 0 Å². The lowest BCUT2D eigenvalue weighted by molar-refractivity contribution is -0.288. The summed E-state index contributed by atoms with van der Waals surface area (Å²) in [5.41, 5.74) is 2.71. The highest BCUT2D eigenvalue weighted by molar-refractivity contribution is 5.46. The molecule has 0 saturated carbocycles. The summed E-state index contributed by atoms with van der Waals surface area (Å²) < 4.78 is 4.81. The normalized spacial score (nSPS) is 19.0. The van der Waals surface area contributed by atoms with E-state index in [1.807, 2.05) is 39.8 Å². The Bertz CT molecular complexity index is 818. The SMILES string of the molecule is CC1(C)CC(Nc2ccc(Cc3ccc(OC#N)cc3)cc2)CC(C)(C)N1[O]. The lowest BCUT2D eigenvalue weighted by Gasteiger charge is -2.50. The Kier molecular flexibility index (Phi) is 5.64. The van der Waals surface area contributed by atoms with Crippen LogP contribution in [0.5, 0.6) is 5.75 Å². The van der Waals surface area contributed by atoms with E-state index in [4.69, 9.17) is 10.00 Å². The van der Waals surface area contributed by atoms with E-state index < -0.39 is 0 Å². The van der Waals surface area contributed by atoms with Crippen LogP contribution in [0.4, 0.5) is 5.69 Å². The molecule has 1 N–H and O–H groups in total. The molecule has 0 aromatic heterocycles. The Balaban J connectivity index is 1.62. The van der Waals surface area contributed by atoms with E-state index in [0.29, 0.717) is 5.75 Å². The Morgan fingerprint density at radius 3 is 2.00 bits per heavy atom. The van der Waals surface area contributed by atoms with Gasteiger partial charge in [-0.15, -0.1) is 15.5 Å². The van der Waals surface area contributed by atoms with Gasteiger partial charge in [-0.2, -0.15) is 0 Å². The van der Waals surface area contributed by atoms with Crippen LogP contribution in [-0.4, -0.2) is 22.2 Å². The van der Waals surface area contributed by atoms with Gasteiger partial charge in [-0.25, -0.2) is 0 Å². The quantitative estimate of drug-likeness (QED) is 0.750. The van der Waals surface area contributed by atoms with Gasteiger partial charge in [0.25, 0.3) is 6.26 Å². The Morgan fingerprint density at radius 1 is 1.00 bits per heavy atom. The molecule has 1 fully saturated rings. The van der Waals surface area contributed by atoms with Gasteiger partial charge in [0.1, 0.15) is 5.75 Å². The van der Waals surface area contributed by atoms with Gasteiger partial charge < -0.3 is 10.1 Å². The predicted octanol–water partition coefficient (Wildman–Crippen LogP) is 4.92. The molecule has 5 heteroatoms. The Labute approximate surface area is 167 Å². The summed E-state index contributed by atoms with van der Waals surface area (Å²) in [7, 11) is 0. The van der Waals surface area contributed by atoms with Crippen molar-refractivity contribution in [3.63, 3.8) is 0 Å². The number of nitrogens with zero attached hydrogens (tertiary/aromatic N) is 2. The van der Waals surface area contributed by atoms with Crippen molar-refractivity contribution in [1.29, 1.82) is 5.26 Å². The lowest BCUT2D eigenvalue weighted by atomic mass is 9.79. The second-order valence-corrected chi connectivity index (χ2v) is 8.88. The van der Waals surface area contributed by atoms with E-state index in [1.165, 1.54) is 10.6 Å². The van der Waals surface area contributed by atoms with Gasteiger partial charge in [-0.1, -0.05) is 24.3 Å². The molecule has 0 unspecified atom stereocenters. The summed E-state index contributed by atoms with van der Waals surface area (Å²) in [6.07, 6.45) is 4.14. The number of piperidine rings is 1. The third-order valence-corrected chi connectivity index (χ3v) is 5.41. The van der Waals surface area contributed by atoms with Crippen LogP contribution in [0.15, 0.2) is 48.5 Å². The maximum atomic E-state index is 12.5. The topological polar surface area (TPSA) is 68.2 Å². The molecule has 1 heterocycles. The van der Waals surface area contributed by atoms with Gasteiger partial charge >= 0.3 is 0 Å². The minimum Gasteiger partial charge on any atom is -0.388 e. The van der Waals surface area contributed by atoms with Crippen LogP contribution in [0.3, 0.4) is 0 Å². The highest BCUT2D eigenvalue weighted by Gasteiger charge is 2.46. The minimum absolute atomic E-state index is 0.272. The van der Waals surface area contributed by atoms with E-state index >= 15 is 0 Å². The zero-order valence-electron chi connectivity index (χ0n) is 17.0. The molecule has 1 aliphatic rings. The van der Waals surface area contributed by atoms with Crippen molar-refractivity contribution in [2.75, 3.05) is 5.32 Å². The van der Waals surface area contributed by atoms with Crippen molar-refractivity contribution in [3.05, 3.63) is 59.7 Å². The van der Waals surface area contributed by atoms with Crippen LogP contribution < -0.4 is 10.1 Å². The number of nitriles is 1. The fourth-order valence-corrected chi connectivity index (χ4v) is 4.28. The van der Waals surface area contributed by atoms with Crippen LogP contribution >= 0.6 is 0 Å². The van der Waals surface area contributed by atoms with Crippen LogP contribution in [0.25, 0.3) is 0 Å². The number of rotatable bonds is 5. The summed E-state index contributed by atoms with van der Waals surface area (Å²) in [6.45, 7) is 8.08. The molecular weight excluding hydrogens is 350 g/mol. The molecule has 1 radical (unpaired) electrons. The van der Waals surface area contributed by atoms with Crippen molar-refractivity contribution < 1.29 is 9.94 Å². The molecular formula is C23H28N3O2. The number of ether oxygens (including phenoxy) is 1. The highest BCUT2D eigenvalue weighted by Crippen LogP contribution is 2.38. The Morgan fingerprint density at radius 2 is 1.50 bits per heavy atom. The zero-order valence-corrected chi connectivity index (χ0v) is 17.0. The van der Waals surface area contributed by atoms with Gasteiger partial charge in [0, 0.05) is 22.8 Å².